The number of rotatable bonds is 14. The maximum Gasteiger partial charge on any atom is 0.303 e. The lowest BCUT2D eigenvalue weighted by Crippen LogP contribution is -2.44. The number of thiol groups is 1. The molecule has 144 valence electrons. The van der Waals surface area contributed by atoms with Crippen LogP contribution in [0.4, 0.5) is 0 Å². The van der Waals surface area contributed by atoms with Gasteiger partial charge in [-0.25, -0.2) is 0 Å². The van der Waals surface area contributed by atoms with Gasteiger partial charge in [0, 0.05) is 18.6 Å². The minimum absolute atomic E-state index is 0.0181. The van der Waals surface area contributed by atoms with E-state index in [2.05, 4.69) is 17.9 Å². The van der Waals surface area contributed by atoms with Crippen molar-refractivity contribution in [3.8, 4) is 0 Å². The Hall–Kier alpha value is -1.45. The first-order valence-corrected chi connectivity index (χ1v) is 8.98. The summed E-state index contributed by atoms with van der Waals surface area (Å²) in [6, 6.07) is -1.54. The molecule has 0 saturated heterocycles. The second-order valence-electron chi connectivity index (χ2n) is 6.05. The third kappa shape index (κ3) is 10.2. The lowest BCUT2D eigenvalue weighted by atomic mass is 9.96. The molecule has 0 aliphatic heterocycles. The molecule has 0 aromatic heterocycles. The molecule has 0 aromatic carbocycles. The highest BCUT2D eigenvalue weighted by molar-refractivity contribution is 7.80. The van der Waals surface area contributed by atoms with Gasteiger partial charge in [-0.2, -0.15) is 12.6 Å². The molecule has 0 rings (SSSR count). The van der Waals surface area contributed by atoms with Crippen molar-refractivity contribution in [1.29, 1.82) is 0 Å². The smallest absolute Gasteiger partial charge is 0.303 e. The molecule has 0 saturated carbocycles. The van der Waals surface area contributed by atoms with Crippen LogP contribution in [-0.4, -0.2) is 52.9 Å². The quantitative estimate of drug-likeness (QED) is 0.210. The number of unbranched alkanes of at least 4 members (excludes halogenated alkanes) is 1. The van der Waals surface area contributed by atoms with Crippen LogP contribution in [0.25, 0.3) is 0 Å². The van der Waals surface area contributed by atoms with E-state index in [1.165, 1.54) is 6.92 Å². The van der Waals surface area contributed by atoms with Gasteiger partial charge in [-0.3, -0.25) is 19.2 Å². The summed E-state index contributed by atoms with van der Waals surface area (Å²) in [5.41, 5.74) is 11.1. The van der Waals surface area contributed by atoms with E-state index >= 15 is 0 Å². The van der Waals surface area contributed by atoms with Gasteiger partial charge in [0.15, 0.2) is 5.78 Å². The SMILES string of the molecule is CC(=O)C(CCCCN)NC(=O)C(CS)CC(=O)C(N)CCC(=O)O. The van der Waals surface area contributed by atoms with Gasteiger partial charge in [0.2, 0.25) is 5.91 Å². The van der Waals surface area contributed by atoms with E-state index in [0.29, 0.717) is 19.4 Å². The Morgan fingerprint density at radius 1 is 1.16 bits per heavy atom. The Balaban J connectivity index is 4.63. The molecule has 0 aliphatic carbocycles. The molecule has 6 N–H and O–H groups in total. The summed E-state index contributed by atoms with van der Waals surface area (Å²) in [6.07, 6.45) is 1.63. The van der Waals surface area contributed by atoms with Gasteiger partial charge >= 0.3 is 5.97 Å². The van der Waals surface area contributed by atoms with Crippen molar-refractivity contribution in [3.63, 3.8) is 0 Å². The van der Waals surface area contributed by atoms with E-state index in [4.69, 9.17) is 16.6 Å². The van der Waals surface area contributed by atoms with Crippen molar-refractivity contribution in [2.75, 3.05) is 12.3 Å². The van der Waals surface area contributed by atoms with Crippen LogP contribution in [0.3, 0.4) is 0 Å². The Morgan fingerprint density at radius 2 is 1.80 bits per heavy atom. The van der Waals surface area contributed by atoms with Crippen molar-refractivity contribution in [1.82, 2.24) is 5.32 Å². The zero-order chi connectivity index (χ0) is 19.4. The van der Waals surface area contributed by atoms with Crippen molar-refractivity contribution >= 4 is 36.1 Å². The number of ketones is 2. The molecule has 0 aromatic rings. The number of carbonyl (C=O) groups is 4. The molecule has 9 heteroatoms. The highest BCUT2D eigenvalue weighted by Crippen LogP contribution is 2.12. The number of aliphatic carboxylic acids is 1. The van der Waals surface area contributed by atoms with Crippen molar-refractivity contribution in [2.45, 2.75) is 57.5 Å². The average Bonchev–Trinajstić information content (AvgIpc) is 2.55. The maximum absolute atomic E-state index is 12.3. The summed E-state index contributed by atoms with van der Waals surface area (Å²) >= 11 is 4.09. The molecular formula is C16H29N3O5S. The fourth-order valence-corrected chi connectivity index (χ4v) is 2.53. The van der Waals surface area contributed by atoms with E-state index in [0.717, 1.165) is 6.42 Å². The average molecular weight is 375 g/mol. The Morgan fingerprint density at radius 3 is 2.28 bits per heavy atom. The van der Waals surface area contributed by atoms with Gasteiger partial charge in [0.05, 0.1) is 18.0 Å². The molecule has 0 spiro atoms. The summed E-state index contributed by atoms with van der Waals surface area (Å²) in [7, 11) is 0. The first-order valence-electron chi connectivity index (χ1n) is 8.34. The topological polar surface area (TPSA) is 153 Å². The van der Waals surface area contributed by atoms with Crippen LogP contribution in [-0.2, 0) is 19.2 Å². The van der Waals surface area contributed by atoms with Gasteiger partial charge in [-0.05, 0) is 39.2 Å². The predicted octanol–water partition coefficient (Wildman–Crippen LogP) is -0.113. The summed E-state index contributed by atoms with van der Waals surface area (Å²) in [4.78, 5) is 46.5. The second-order valence-corrected chi connectivity index (χ2v) is 6.41. The lowest BCUT2D eigenvalue weighted by Gasteiger charge is -2.21. The number of hydrogen-bond donors (Lipinski definition) is 5. The number of carboxylic acids is 1. The third-order valence-electron chi connectivity index (χ3n) is 3.88. The number of Topliss-reactive ketones (excluding diaryl/α,β-unsaturated/α-hetero) is 2. The molecule has 3 unspecified atom stereocenters. The molecule has 0 fully saturated rings. The number of amides is 1. The summed E-state index contributed by atoms with van der Waals surface area (Å²) < 4.78 is 0. The molecule has 1 amide bonds. The molecule has 0 bridgehead atoms. The minimum Gasteiger partial charge on any atom is -0.481 e. The van der Waals surface area contributed by atoms with Gasteiger partial charge in [-0.1, -0.05) is 0 Å². The normalized spacial score (nSPS) is 14.4. The molecular weight excluding hydrogens is 346 g/mol. The number of carbonyl (C=O) groups excluding carboxylic acids is 3. The first kappa shape index (κ1) is 23.5. The fourth-order valence-electron chi connectivity index (χ4n) is 2.23. The Kier molecular flexibility index (Phi) is 12.1. The highest BCUT2D eigenvalue weighted by atomic mass is 32.1. The van der Waals surface area contributed by atoms with E-state index in [9.17, 15) is 19.2 Å². The summed E-state index contributed by atoms with van der Waals surface area (Å²) in [6.45, 7) is 1.91. The Bertz CT molecular complexity index is 473. The molecule has 0 radical (unpaired) electrons. The second kappa shape index (κ2) is 12.8. The fraction of sp³-hybridized carbons (Fsp3) is 0.750. The minimum atomic E-state index is -1.03. The molecule has 3 atom stereocenters. The summed E-state index contributed by atoms with van der Waals surface area (Å²) in [5, 5.41) is 11.3. The zero-order valence-electron chi connectivity index (χ0n) is 14.6. The van der Waals surface area contributed by atoms with Crippen molar-refractivity contribution in [2.24, 2.45) is 17.4 Å². The molecule has 25 heavy (non-hydrogen) atoms. The standard InChI is InChI=1S/C16H29N3O5S/c1-10(20)13(4-2-3-7-17)19-16(24)11(9-25)8-14(21)12(18)5-6-15(22)23/h11-13,25H,2-9,17-18H2,1H3,(H,19,24)(H,22,23). The number of nitrogens with one attached hydrogen (secondary N) is 1. The van der Waals surface area contributed by atoms with Crippen LogP contribution in [0.15, 0.2) is 0 Å². The lowest BCUT2D eigenvalue weighted by molar-refractivity contribution is -0.137. The van der Waals surface area contributed by atoms with E-state index in [1.807, 2.05) is 0 Å². The first-order chi connectivity index (χ1) is 11.7. The van der Waals surface area contributed by atoms with Crippen LogP contribution >= 0.6 is 12.6 Å². The third-order valence-corrected chi connectivity index (χ3v) is 4.32. The van der Waals surface area contributed by atoms with Crippen LogP contribution in [0, 0.1) is 5.92 Å². The van der Waals surface area contributed by atoms with Crippen LogP contribution in [0.2, 0.25) is 0 Å². The molecule has 0 heterocycles. The van der Waals surface area contributed by atoms with Crippen LogP contribution in [0.1, 0.15) is 45.4 Å². The maximum atomic E-state index is 12.3. The van der Waals surface area contributed by atoms with E-state index in [-0.39, 0.29) is 30.8 Å². The van der Waals surface area contributed by atoms with E-state index in [1.54, 1.807) is 0 Å². The van der Waals surface area contributed by atoms with Gasteiger partial charge in [0.1, 0.15) is 5.78 Å². The monoisotopic (exact) mass is 375 g/mol. The van der Waals surface area contributed by atoms with E-state index < -0.39 is 35.7 Å². The van der Waals surface area contributed by atoms with Crippen LogP contribution < -0.4 is 16.8 Å². The van der Waals surface area contributed by atoms with Gasteiger partial charge < -0.3 is 21.9 Å². The van der Waals surface area contributed by atoms with Gasteiger partial charge in [0.25, 0.3) is 0 Å². The van der Waals surface area contributed by atoms with Gasteiger partial charge in [-0.15, -0.1) is 0 Å². The highest BCUT2D eigenvalue weighted by Gasteiger charge is 2.26. The van der Waals surface area contributed by atoms with Crippen molar-refractivity contribution in [3.05, 3.63) is 0 Å². The molecule has 0 aliphatic rings. The van der Waals surface area contributed by atoms with Crippen LogP contribution in [0.5, 0.6) is 0 Å². The predicted molar refractivity (Wildman–Crippen MR) is 97.3 cm³/mol. The number of nitrogens with two attached hydrogens (primary N) is 2. The number of hydrogen-bond acceptors (Lipinski definition) is 7. The number of carboxylic acid groups (broad SMARTS) is 1. The van der Waals surface area contributed by atoms with Crippen molar-refractivity contribution < 1.29 is 24.3 Å². The molecule has 8 nitrogen and oxygen atoms in total. The Labute approximate surface area is 153 Å². The zero-order valence-corrected chi connectivity index (χ0v) is 15.5. The summed E-state index contributed by atoms with van der Waals surface area (Å²) in [5.74, 6) is -2.61. The largest absolute Gasteiger partial charge is 0.481 e.